The Morgan fingerprint density at radius 2 is 2.06 bits per heavy atom. The molecule has 3 heterocycles. The first-order chi connectivity index (χ1) is 14.7. The van der Waals surface area contributed by atoms with Crippen molar-refractivity contribution in [1.29, 1.82) is 0 Å². The van der Waals surface area contributed by atoms with Crippen LogP contribution in [0.4, 0.5) is 4.39 Å². The molecule has 162 valence electrons. The second-order valence-electron chi connectivity index (χ2n) is 8.07. The van der Waals surface area contributed by atoms with Crippen molar-refractivity contribution >= 4 is 33.1 Å². The number of aromatic nitrogens is 1. The number of aryl methyl sites for hydroxylation is 2. The maximum Gasteiger partial charge on any atom is 0.454 e. The van der Waals surface area contributed by atoms with Gasteiger partial charge in [-0.05, 0) is 67.6 Å². The fourth-order valence-electron chi connectivity index (χ4n) is 4.71. The maximum atomic E-state index is 15.0. The van der Waals surface area contributed by atoms with Crippen LogP contribution in [0.15, 0.2) is 44.4 Å². The van der Waals surface area contributed by atoms with Gasteiger partial charge in [0.15, 0.2) is 0 Å². The Bertz CT molecular complexity index is 1520. The number of benzene rings is 2. The second kappa shape index (κ2) is 7.22. The van der Waals surface area contributed by atoms with Crippen molar-refractivity contribution in [2.75, 3.05) is 6.54 Å². The normalized spacial score (nSPS) is 21.4. The van der Waals surface area contributed by atoms with E-state index in [1.807, 2.05) is 31.1 Å². The van der Waals surface area contributed by atoms with Crippen LogP contribution in [0, 0.1) is 19.7 Å². The molecule has 0 aliphatic carbocycles. The van der Waals surface area contributed by atoms with E-state index in [0.717, 1.165) is 29.5 Å². The van der Waals surface area contributed by atoms with Crippen molar-refractivity contribution in [2.45, 2.75) is 44.4 Å². The molecular formula is C22H22ClFN2O3PS+. The van der Waals surface area contributed by atoms with Crippen LogP contribution < -0.4 is 10.9 Å². The molecule has 0 saturated heterocycles. The van der Waals surface area contributed by atoms with Crippen LogP contribution in [-0.2, 0) is 15.7 Å². The summed E-state index contributed by atoms with van der Waals surface area (Å²) < 4.78 is 40.0. The minimum Gasteiger partial charge on any atom is -0.365 e. The average Bonchev–Trinajstić information content (AvgIpc) is 3.15. The SMILES string of the molecule is Cc1ccc(F)c([C@@H](C)C2=c3oc(=O)[nH][p+]3=S3(=O)c4ccc(Cl)cc4CCCN23)c1C. The standard InChI is InChI=1S/C22H21ClFN2O3PS/c1-12-6-8-17(24)19(13(12)2)14(3)20-21-29-22(27)25-30(21)31(28)18-9-7-16(23)11-15(18)5-4-10-26(20)31/h6-9,11,14H,4-5,10H2,1-3H3/p+1/t14-,31?/m1/s1. The summed E-state index contributed by atoms with van der Waals surface area (Å²) in [6, 6.07) is 8.61. The molecule has 1 N–H and O–H groups in total. The van der Waals surface area contributed by atoms with Crippen molar-refractivity contribution in [3.05, 3.63) is 79.1 Å². The van der Waals surface area contributed by atoms with Crippen LogP contribution in [0.25, 0.3) is 5.70 Å². The number of halogens is 2. The number of hydrogen-bond acceptors (Lipinski definition) is 3. The first-order valence-electron chi connectivity index (χ1n) is 10.1. The molecule has 5 nitrogen and oxygen atoms in total. The topological polar surface area (TPSA) is 66.3 Å². The van der Waals surface area contributed by atoms with Crippen LogP contribution >= 0.6 is 18.1 Å². The highest BCUT2D eigenvalue weighted by molar-refractivity contribution is 8.26. The number of H-pyrrole nitrogens is 1. The third-order valence-corrected chi connectivity index (χ3v) is 13.5. The van der Waals surface area contributed by atoms with E-state index in [1.54, 1.807) is 18.2 Å². The largest absolute Gasteiger partial charge is 0.454 e. The van der Waals surface area contributed by atoms with Crippen LogP contribution in [-0.4, -0.2) is 19.8 Å². The molecule has 2 aliphatic heterocycles. The summed E-state index contributed by atoms with van der Waals surface area (Å²) >= 11 is 6.21. The number of nitrogens with one attached hydrogen (secondary N) is 1. The Kier molecular flexibility index (Phi) is 4.85. The van der Waals surface area contributed by atoms with E-state index in [4.69, 9.17) is 16.0 Å². The van der Waals surface area contributed by atoms with Gasteiger partial charge in [-0.3, -0.25) is 4.31 Å². The first kappa shape index (κ1) is 20.8. The van der Waals surface area contributed by atoms with E-state index in [0.29, 0.717) is 32.9 Å². The molecule has 0 fully saturated rings. The van der Waals surface area contributed by atoms with Gasteiger partial charge in [0.05, 0.1) is 4.90 Å². The lowest BCUT2D eigenvalue weighted by molar-refractivity contribution is 0.464. The zero-order valence-electron chi connectivity index (χ0n) is 17.4. The van der Waals surface area contributed by atoms with Crippen molar-refractivity contribution in [1.82, 2.24) is 9.05 Å². The van der Waals surface area contributed by atoms with Gasteiger partial charge < -0.3 is 4.42 Å². The molecule has 1 aromatic heterocycles. The molecule has 5 rings (SSSR count). The molecular weight excluding hydrogens is 458 g/mol. The molecule has 0 spiro atoms. The summed E-state index contributed by atoms with van der Waals surface area (Å²) in [7, 11) is -2.87. The number of fused-ring (bicyclic) bond motifs is 4. The van der Waals surface area contributed by atoms with Crippen molar-refractivity contribution < 1.29 is 13.0 Å². The maximum absolute atomic E-state index is 15.0. The Hall–Kier alpha value is -2.08. The Balaban J connectivity index is 1.87. The van der Waals surface area contributed by atoms with Gasteiger partial charge in [0.2, 0.25) is 0 Å². The third kappa shape index (κ3) is 2.94. The summed E-state index contributed by atoms with van der Waals surface area (Å²) in [5.41, 5.74) is 3.94. The Morgan fingerprint density at radius 1 is 1.29 bits per heavy atom. The van der Waals surface area contributed by atoms with E-state index >= 15 is 0 Å². The molecule has 9 heteroatoms. The molecule has 2 unspecified atom stereocenters. The molecule has 0 amide bonds. The molecule has 31 heavy (non-hydrogen) atoms. The summed E-state index contributed by atoms with van der Waals surface area (Å²) in [5.74, 6) is -1.34. The van der Waals surface area contributed by atoms with Crippen LogP contribution in [0.5, 0.6) is 0 Å². The van der Waals surface area contributed by atoms with E-state index in [2.05, 4.69) is 4.75 Å². The smallest absolute Gasteiger partial charge is 0.365 e. The lowest BCUT2D eigenvalue weighted by Gasteiger charge is -2.26. The van der Waals surface area contributed by atoms with Crippen molar-refractivity contribution in [2.24, 2.45) is 0 Å². The predicted octanol–water partition coefficient (Wildman–Crippen LogP) is 4.84. The fraction of sp³-hybridized carbons (Fsp3) is 0.318. The lowest BCUT2D eigenvalue weighted by atomic mass is 9.91. The quantitative estimate of drug-likeness (QED) is 0.572. The predicted molar refractivity (Wildman–Crippen MR) is 122 cm³/mol. The van der Waals surface area contributed by atoms with Crippen molar-refractivity contribution in [3.63, 3.8) is 0 Å². The summed E-state index contributed by atoms with van der Waals surface area (Å²) in [6.07, 6.45) is 1.50. The monoisotopic (exact) mass is 479 g/mol. The van der Waals surface area contributed by atoms with Gasteiger partial charge in [0.25, 0.3) is 9.30 Å². The number of aromatic amines is 1. The summed E-state index contributed by atoms with van der Waals surface area (Å²) in [5, 5.41) is 0.993. The van der Waals surface area contributed by atoms with Gasteiger partial charge in [-0.1, -0.05) is 24.6 Å². The van der Waals surface area contributed by atoms with Gasteiger partial charge in [-0.15, -0.1) is 4.75 Å². The summed E-state index contributed by atoms with van der Waals surface area (Å²) in [6.45, 7) is 4.63. The highest BCUT2D eigenvalue weighted by Crippen LogP contribution is 2.45. The van der Waals surface area contributed by atoms with E-state index < -0.39 is 27.4 Å². The highest BCUT2D eigenvalue weighted by atomic mass is 35.5. The minimum atomic E-state index is -2.87. The third-order valence-electron chi connectivity index (χ3n) is 6.29. The Labute approximate surface area is 185 Å². The zero-order valence-corrected chi connectivity index (χ0v) is 19.8. The number of nitrogens with zero attached hydrogens (tertiary/aromatic N) is 1. The van der Waals surface area contributed by atoms with E-state index in [9.17, 15) is 13.4 Å². The van der Waals surface area contributed by atoms with E-state index in [-0.39, 0.29) is 5.82 Å². The number of hydrogen-bond donors (Lipinski definition) is 1. The van der Waals surface area contributed by atoms with Crippen molar-refractivity contribution in [3.8, 4) is 0 Å². The van der Waals surface area contributed by atoms with Gasteiger partial charge in [0.1, 0.15) is 11.5 Å². The van der Waals surface area contributed by atoms with E-state index in [1.165, 1.54) is 6.07 Å². The van der Waals surface area contributed by atoms with Gasteiger partial charge in [-0.25, -0.2) is 9.18 Å². The van der Waals surface area contributed by atoms with Gasteiger partial charge in [0, 0.05) is 23.0 Å². The highest BCUT2D eigenvalue weighted by Gasteiger charge is 2.46. The molecule has 3 aromatic rings. The van der Waals surface area contributed by atoms with Crippen LogP contribution in [0.3, 0.4) is 0 Å². The Morgan fingerprint density at radius 3 is 2.84 bits per heavy atom. The van der Waals surface area contributed by atoms with Gasteiger partial charge >= 0.3 is 17.4 Å². The molecule has 0 radical (unpaired) electrons. The van der Waals surface area contributed by atoms with Crippen LogP contribution in [0.2, 0.25) is 5.02 Å². The molecule has 2 aromatic carbocycles. The fourth-order valence-corrected chi connectivity index (χ4v) is 12.5. The number of rotatable bonds is 2. The summed E-state index contributed by atoms with van der Waals surface area (Å²) in [4.78, 5) is 12.9. The minimum absolute atomic E-state index is 0.314. The first-order valence-corrected chi connectivity index (χ1v) is 14.0. The van der Waals surface area contributed by atoms with Crippen LogP contribution in [0.1, 0.15) is 41.5 Å². The molecule has 0 saturated carbocycles. The van der Waals surface area contributed by atoms with Gasteiger partial charge in [-0.2, -0.15) is 4.21 Å². The lowest BCUT2D eigenvalue weighted by Crippen LogP contribution is -2.30. The molecule has 2 aliphatic rings. The second-order valence-corrected chi connectivity index (χ2v) is 14.2. The molecule has 0 bridgehead atoms. The molecule has 3 atom stereocenters. The average molecular weight is 480 g/mol. The zero-order chi connectivity index (χ0) is 22.1.